The van der Waals surface area contributed by atoms with Crippen molar-refractivity contribution >= 4 is 9.84 Å². The Morgan fingerprint density at radius 1 is 1.19 bits per heavy atom. The summed E-state index contributed by atoms with van der Waals surface area (Å²) in [7, 11) is -3.06. The molecule has 0 aromatic heterocycles. The number of rotatable bonds is 5. The monoisotopic (exact) mass is 240 g/mol. The zero-order chi connectivity index (χ0) is 12.2. The second kappa shape index (κ2) is 5.48. The van der Waals surface area contributed by atoms with E-state index in [0.29, 0.717) is 10.8 Å². The molecule has 0 heterocycles. The molecule has 0 aliphatic heterocycles. The SMILES string of the molecule is CCCC(C)Cc1ccc(S(C)(=O)=O)cc1. The van der Waals surface area contributed by atoms with Crippen molar-refractivity contribution in [2.75, 3.05) is 6.26 Å². The van der Waals surface area contributed by atoms with Crippen molar-refractivity contribution in [3.8, 4) is 0 Å². The topological polar surface area (TPSA) is 34.1 Å². The average molecular weight is 240 g/mol. The third-order valence-electron chi connectivity index (χ3n) is 2.72. The number of hydrogen-bond acceptors (Lipinski definition) is 2. The minimum Gasteiger partial charge on any atom is -0.224 e. The molecule has 3 heteroatoms. The summed E-state index contributed by atoms with van der Waals surface area (Å²) in [5.74, 6) is 0.661. The lowest BCUT2D eigenvalue weighted by Crippen LogP contribution is -2.01. The van der Waals surface area contributed by atoms with Crippen LogP contribution in [0.2, 0.25) is 0 Å². The first-order valence-electron chi connectivity index (χ1n) is 5.72. The average Bonchev–Trinajstić information content (AvgIpc) is 2.17. The summed E-state index contributed by atoms with van der Waals surface area (Å²) in [5.41, 5.74) is 1.22. The Labute approximate surface area is 98.6 Å². The molecule has 2 nitrogen and oxygen atoms in total. The van der Waals surface area contributed by atoms with Crippen LogP contribution in [0, 0.1) is 5.92 Å². The largest absolute Gasteiger partial charge is 0.224 e. The van der Waals surface area contributed by atoms with E-state index in [1.54, 1.807) is 12.1 Å². The van der Waals surface area contributed by atoms with Crippen LogP contribution in [-0.4, -0.2) is 14.7 Å². The molecule has 1 aromatic carbocycles. The molecular weight excluding hydrogens is 220 g/mol. The lowest BCUT2D eigenvalue weighted by atomic mass is 9.97. The van der Waals surface area contributed by atoms with Gasteiger partial charge in [0.25, 0.3) is 0 Å². The van der Waals surface area contributed by atoms with E-state index in [9.17, 15) is 8.42 Å². The third kappa shape index (κ3) is 3.97. The third-order valence-corrected chi connectivity index (χ3v) is 3.85. The number of benzene rings is 1. The van der Waals surface area contributed by atoms with Crippen molar-refractivity contribution in [2.45, 2.75) is 38.0 Å². The molecule has 0 aliphatic carbocycles. The molecule has 1 rings (SSSR count). The van der Waals surface area contributed by atoms with E-state index < -0.39 is 9.84 Å². The van der Waals surface area contributed by atoms with Gasteiger partial charge in [-0.1, -0.05) is 38.8 Å². The minimum atomic E-state index is -3.06. The van der Waals surface area contributed by atoms with Gasteiger partial charge in [0, 0.05) is 6.26 Å². The normalized spacial score (nSPS) is 13.7. The quantitative estimate of drug-likeness (QED) is 0.792. The van der Waals surface area contributed by atoms with Gasteiger partial charge in [-0.25, -0.2) is 8.42 Å². The van der Waals surface area contributed by atoms with Crippen LogP contribution in [0.1, 0.15) is 32.3 Å². The van der Waals surface area contributed by atoms with E-state index in [-0.39, 0.29) is 0 Å². The highest BCUT2D eigenvalue weighted by molar-refractivity contribution is 7.90. The Morgan fingerprint density at radius 3 is 2.19 bits per heavy atom. The highest BCUT2D eigenvalue weighted by Crippen LogP contribution is 2.16. The van der Waals surface area contributed by atoms with Crippen LogP contribution in [0.5, 0.6) is 0 Å². The molecule has 1 atom stereocenters. The predicted octanol–water partition coefficient (Wildman–Crippen LogP) is 3.07. The molecular formula is C13H20O2S. The van der Waals surface area contributed by atoms with Gasteiger partial charge in [-0.2, -0.15) is 0 Å². The van der Waals surface area contributed by atoms with Crippen molar-refractivity contribution in [3.05, 3.63) is 29.8 Å². The summed E-state index contributed by atoms with van der Waals surface area (Å²) in [4.78, 5) is 0.402. The molecule has 0 amide bonds. The second-order valence-electron chi connectivity index (χ2n) is 4.51. The second-order valence-corrected chi connectivity index (χ2v) is 6.53. The van der Waals surface area contributed by atoms with Crippen LogP contribution in [-0.2, 0) is 16.3 Å². The van der Waals surface area contributed by atoms with Gasteiger partial charge < -0.3 is 0 Å². The maximum Gasteiger partial charge on any atom is 0.175 e. The van der Waals surface area contributed by atoms with Crippen LogP contribution >= 0.6 is 0 Å². The fourth-order valence-corrected chi connectivity index (χ4v) is 2.50. The Hall–Kier alpha value is -0.830. The number of sulfone groups is 1. The zero-order valence-corrected chi connectivity index (χ0v) is 11.0. The molecule has 0 N–H and O–H groups in total. The van der Waals surface area contributed by atoms with Crippen molar-refractivity contribution in [1.29, 1.82) is 0 Å². The molecule has 0 saturated carbocycles. The van der Waals surface area contributed by atoms with Crippen molar-refractivity contribution in [3.63, 3.8) is 0 Å². The summed E-state index contributed by atoms with van der Waals surface area (Å²) >= 11 is 0. The smallest absolute Gasteiger partial charge is 0.175 e. The van der Waals surface area contributed by atoms with Crippen LogP contribution < -0.4 is 0 Å². The maximum absolute atomic E-state index is 11.3. The summed E-state index contributed by atoms with van der Waals surface area (Å²) < 4.78 is 22.5. The highest BCUT2D eigenvalue weighted by atomic mass is 32.2. The molecule has 1 unspecified atom stereocenters. The van der Waals surface area contributed by atoms with Gasteiger partial charge in [-0.15, -0.1) is 0 Å². The van der Waals surface area contributed by atoms with Crippen LogP contribution in [0.15, 0.2) is 29.2 Å². The fraction of sp³-hybridized carbons (Fsp3) is 0.538. The van der Waals surface area contributed by atoms with E-state index in [1.165, 1.54) is 24.7 Å². The van der Waals surface area contributed by atoms with E-state index in [4.69, 9.17) is 0 Å². The Balaban J connectivity index is 2.72. The Kier molecular flexibility index (Phi) is 4.54. The van der Waals surface area contributed by atoms with Gasteiger partial charge in [0.1, 0.15) is 0 Å². The molecule has 90 valence electrons. The van der Waals surface area contributed by atoms with Gasteiger partial charge in [0.2, 0.25) is 0 Å². The Morgan fingerprint density at radius 2 is 1.75 bits per heavy atom. The van der Waals surface area contributed by atoms with Crippen LogP contribution in [0.25, 0.3) is 0 Å². The predicted molar refractivity (Wildman–Crippen MR) is 67.3 cm³/mol. The van der Waals surface area contributed by atoms with Gasteiger partial charge in [0.05, 0.1) is 4.90 Å². The summed E-state index contributed by atoms with van der Waals surface area (Å²) in [6.45, 7) is 4.41. The van der Waals surface area contributed by atoms with Crippen LogP contribution in [0.4, 0.5) is 0 Å². The summed E-state index contributed by atoms with van der Waals surface area (Å²) in [6.07, 6.45) is 4.68. The first-order chi connectivity index (χ1) is 7.43. The first-order valence-corrected chi connectivity index (χ1v) is 7.61. The van der Waals surface area contributed by atoms with E-state index in [2.05, 4.69) is 13.8 Å². The Bertz CT molecular complexity index is 418. The van der Waals surface area contributed by atoms with E-state index in [0.717, 1.165) is 6.42 Å². The van der Waals surface area contributed by atoms with Gasteiger partial charge in [-0.3, -0.25) is 0 Å². The van der Waals surface area contributed by atoms with Crippen molar-refractivity contribution < 1.29 is 8.42 Å². The van der Waals surface area contributed by atoms with Crippen LogP contribution in [0.3, 0.4) is 0 Å². The first kappa shape index (κ1) is 13.2. The minimum absolute atomic E-state index is 0.402. The van der Waals surface area contributed by atoms with Gasteiger partial charge >= 0.3 is 0 Å². The maximum atomic E-state index is 11.3. The lowest BCUT2D eigenvalue weighted by molar-refractivity contribution is 0.522. The molecule has 0 fully saturated rings. The summed E-state index contributed by atoms with van der Waals surface area (Å²) in [5, 5.41) is 0. The fourth-order valence-electron chi connectivity index (χ4n) is 1.87. The molecule has 0 radical (unpaired) electrons. The van der Waals surface area contributed by atoms with E-state index in [1.807, 2.05) is 12.1 Å². The lowest BCUT2D eigenvalue weighted by Gasteiger charge is -2.10. The summed E-state index contributed by atoms with van der Waals surface area (Å²) in [6, 6.07) is 7.23. The highest BCUT2D eigenvalue weighted by Gasteiger charge is 2.07. The molecule has 16 heavy (non-hydrogen) atoms. The number of hydrogen-bond donors (Lipinski definition) is 0. The molecule has 0 aliphatic rings. The van der Waals surface area contributed by atoms with Crippen molar-refractivity contribution in [2.24, 2.45) is 5.92 Å². The van der Waals surface area contributed by atoms with Crippen molar-refractivity contribution in [1.82, 2.24) is 0 Å². The molecule has 0 spiro atoms. The molecule has 0 bridgehead atoms. The zero-order valence-electron chi connectivity index (χ0n) is 10.2. The van der Waals surface area contributed by atoms with Gasteiger partial charge in [-0.05, 0) is 30.0 Å². The van der Waals surface area contributed by atoms with E-state index >= 15 is 0 Å². The molecule has 0 saturated heterocycles. The standard InChI is InChI=1S/C13H20O2S/c1-4-5-11(2)10-12-6-8-13(9-7-12)16(3,14)15/h6-9,11H,4-5,10H2,1-3H3. The van der Waals surface area contributed by atoms with Gasteiger partial charge in [0.15, 0.2) is 9.84 Å². The molecule has 1 aromatic rings.